The minimum absolute atomic E-state index is 0.0481. The summed E-state index contributed by atoms with van der Waals surface area (Å²) in [6.07, 6.45) is 1.19. The summed E-state index contributed by atoms with van der Waals surface area (Å²) in [7, 11) is 0. The molecule has 0 aliphatic heterocycles. The van der Waals surface area contributed by atoms with Crippen LogP contribution >= 0.6 is 0 Å². The van der Waals surface area contributed by atoms with Gasteiger partial charge in [-0.05, 0) is 47.2 Å². The number of hydrogen-bond donors (Lipinski definition) is 0. The van der Waals surface area contributed by atoms with Gasteiger partial charge in [0.05, 0.1) is 10.6 Å². The fourth-order valence-corrected chi connectivity index (χ4v) is 2.12. The van der Waals surface area contributed by atoms with Crippen LogP contribution in [-0.2, 0) is 0 Å². The van der Waals surface area contributed by atoms with E-state index < -0.39 is 4.92 Å². The Hall–Kier alpha value is -3.29. The lowest BCUT2D eigenvalue weighted by Crippen LogP contribution is -2.04. The maximum Gasteiger partial charge on any atom is 0.269 e. The summed E-state index contributed by atoms with van der Waals surface area (Å²) in [4.78, 5) is 10.4. The van der Waals surface area contributed by atoms with Crippen molar-refractivity contribution in [2.75, 3.05) is 0 Å². The number of nitrogens with zero attached hydrogens (tertiary/aromatic N) is 5. The molecule has 0 radical (unpaired) electrons. The molecule has 0 fully saturated rings. The summed E-state index contributed by atoms with van der Waals surface area (Å²) in [5.74, 6) is 0.654. The van der Waals surface area contributed by atoms with Crippen molar-refractivity contribution in [2.24, 2.45) is 0 Å². The van der Waals surface area contributed by atoms with Crippen molar-refractivity contribution >= 4 is 5.69 Å². The minimum atomic E-state index is -0.419. The maximum absolute atomic E-state index is 10.8. The van der Waals surface area contributed by atoms with Crippen molar-refractivity contribution in [1.82, 2.24) is 20.2 Å². The van der Waals surface area contributed by atoms with Gasteiger partial charge in [-0.25, -0.2) is 4.68 Å². The van der Waals surface area contributed by atoms with Crippen molar-refractivity contribution in [2.45, 2.75) is 13.0 Å². The Morgan fingerprint density at radius 2 is 2.00 bits per heavy atom. The standard InChI is InChI=1S/C15H13N5O3/c1-11(12-3-2-4-14(9-12)20(21)22)23-15-7-5-13(6-8-15)19-10-16-17-18-19/h2-11H,1H3/t11-/m0/s1. The Kier molecular flexibility index (Phi) is 3.96. The molecule has 23 heavy (non-hydrogen) atoms. The monoisotopic (exact) mass is 311 g/mol. The van der Waals surface area contributed by atoms with Gasteiger partial charge < -0.3 is 4.74 Å². The second-order valence-corrected chi connectivity index (χ2v) is 4.86. The van der Waals surface area contributed by atoms with Crippen LogP contribution in [0.5, 0.6) is 5.75 Å². The van der Waals surface area contributed by atoms with Crippen LogP contribution in [0.3, 0.4) is 0 Å². The third-order valence-electron chi connectivity index (χ3n) is 3.31. The summed E-state index contributed by atoms with van der Waals surface area (Å²) in [5, 5.41) is 21.8. The molecule has 1 heterocycles. The van der Waals surface area contributed by atoms with Crippen molar-refractivity contribution < 1.29 is 9.66 Å². The molecular weight excluding hydrogens is 298 g/mol. The van der Waals surface area contributed by atoms with Gasteiger partial charge in [-0.15, -0.1) is 5.10 Å². The normalized spacial score (nSPS) is 11.9. The molecule has 1 aromatic heterocycles. The number of nitro benzene ring substituents is 1. The fourth-order valence-electron chi connectivity index (χ4n) is 2.12. The molecule has 8 heteroatoms. The molecule has 0 N–H and O–H groups in total. The van der Waals surface area contributed by atoms with Gasteiger partial charge in [-0.3, -0.25) is 10.1 Å². The Morgan fingerprint density at radius 1 is 1.22 bits per heavy atom. The molecule has 1 atom stereocenters. The zero-order chi connectivity index (χ0) is 16.2. The number of nitro groups is 1. The summed E-state index contributed by atoms with van der Waals surface area (Å²) >= 11 is 0. The molecule has 0 amide bonds. The summed E-state index contributed by atoms with van der Waals surface area (Å²) in [6, 6.07) is 13.7. The van der Waals surface area contributed by atoms with Crippen molar-refractivity contribution in [1.29, 1.82) is 0 Å². The largest absolute Gasteiger partial charge is 0.486 e. The second-order valence-electron chi connectivity index (χ2n) is 4.86. The second kappa shape index (κ2) is 6.22. The van der Waals surface area contributed by atoms with Gasteiger partial charge in [0.2, 0.25) is 0 Å². The van der Waals surface area contributed by atoms with Crippen molar-refractivity contribution in [3.8, 4) is 11.4 Å². The predicted octanol–water partition coefficient (Wildman–Crippen LogP) is 2.71. The maximum atomic E-state index is 10.8. The minimum Gasteiger partial charge on any atom is -0.486 e. The number of non-ortho nitro benzene ring substituents is 1. The molecule has 0 saturated heterocycles. The summed E-state index contributed by atoms with van der Waals surface area (Å²) in [6.45, 7) is 1.84. The van der Waals surface area contributed by atoms with Crippen LogP contribution in [0.2, 0.25) is 0 Å². The number of rotatable bonds is 5. The van der Waals surface area contributed by atoms with E-state index in [4.69, 9.17) is 4.74 Å². The van der Waals surface area contributed by atoms with Gasteiger partial charge >= 0.3 is 0 Å². The van der Waals surface area contributed by atoms with E-state index in [9.17, 15) is 10.1 Å². The first-order chi connectivity index (χ1) is 11.1. The first-order valence-corrected chi connectivity index (χ1v) is 6.88. The van der Waals surface area contributed by atoms with E-state index in [2.05, 4.69) is 15.5 Å². The van der Waals surface area contributed by atoms with E-state index in [0.717, 1.165) is 11.3 Å². The highest BCUT2D eigenvalue weighted by Gasteiger charge is 2.12. The van der Waals surface area contributed by atoms with E-state index in [1.165, 1.54) is 23.1 Å². The predicted molar refractivity (Wildman–Crippen MR) is 81.3 cm³/mol. The van der Waals surface area contributed by atoms with Gasteiger partial charge in [-0.2, -0.15) is 0 Å². The molecule has 8 nitrogen and oxygen atoms in total. The molecule has 0 unspecified atom stereocenters. The van der Waals surface area contributed by atoms with Gasteiger partial charge in [-0.1, -0.05) is 12.1 Å². The average Bonchev–Trinajstić information content (AvgIpc) is 3.10. The molecule has 0 bridgehead atoms. The van der Waals surface area contributed by atoms with E-state index in [-0.39, 0.29) is 11.8 Å². The highest BCUT2D eigenvalue weighted by molar-refractivity contribution is 5.38. The number of benzene rings is 2. The third-order valence-corrected chi connectivity index (χ3v) is 3.31. The van der Waals surface area contributed by atoms with Crippen molar-refractivity contribution in [3.63, 3.8) is 0 Å². The molecule has 0 aliphatic carbocycles. The molecule has 116 valence electrons. The number of tetrazole rings is 1. The van der Waals surface area contributed by atoms with Crippen LogP contribution in [0.15, 0.2) is 54.9 Å². The Balaban J connectivity index is 1.74. The molecule has 0 spiro atoms. The zero-order valence-electron chi connectivity index (χ0n) is 12.2. The molecular formula is C15H13N5O3. The highest BCUT2D eigenvalue weighted by Crippen LogP contribution is 2.25. The third kappa shape index (κ3) is 3.31. The van der Waals surface area contributed by atoms with Crippen LogP contribution in [0, 0.1) is 10.1 Å². The topological polar surface area (TPSA) is 96.0 Å². The number of aromatic nitrogens is 4. The summed E-state index contributed by atoms with van der Waals surface area (Å²) in [5.41, 5.74) is 1.60. The fraction of sp³-hybridized carbons (Fsp3) is 0.133. The van der Waals surface area contributed by atoms with E-state index >= 15 is 0 Å². The lowest BCUT2D eigenvalue weighted by molar-refractivity contribution is -0.385. The average molecular weight is 311 g/mol. The zero-order valence-corrected chi connectivity index (χ0v) is 12.2. The molecule has 3 aromatic rings. The summed E-state index contributed by atoms with van der Waals surface area (Å²) < 4.78 is 7.36. The van der Waals surface area contributed by atoms with Crippen LogP contribution in [0.4, 0.5) is 5.69 Å². The van der Waals surface area contributed by atoms with Gasteiger partial charge in [0, 0.05) is 12.1 Å². The SMILES string of the molecule is C[C@H](Oc1ccc(-n2cnnn2)cc1)c1cccc([N+](=O)[O-])c1. The molecule has 2 aromatic carbocycles. The van der Waals surface area contributed by atoms with Gasteiger partial charge in [0.15, 0.2) is 0 Å². The van der Waals surface area contributed by atoms with Crippen LogP contribution in [-0.4, -0.2) is 25.1 Å². The lowest BCUT2D eigenvalue weighted by atomic mass is 10.1. The van der Waals surface area contributed by atoms with Crippen molar-refractivity contribution in [3.05, 3.63) is 70.5 Å². The van der Waals surface area contributed by atoms with Gasteiger partial charge in [0.1, 0.15) is 18.2 Å². The van der Waals surface area contributed by atoms with Crippen LogP contribution < -0.4 is 4.74 Å². The number of hydrogen-bond acceptors (Lipinski definition) is 6. The molecule has 0 saturated carbocycles. The van der Waals surface area contributed by atoms with E-state index in [1.54, 1.807) is 24.3 Å². The van der Waals surface area contributed by atoms with Crippen LogP contribution in [0.1, 0.15) is 18.6 Å². The lowest BCUT2D eigenvalue weighted by Gasteiger charge is -2.15. The first kappa shape index (κ1) is 14.6. The molecule has 3 rings (SSSR count). The Bertz CT molecular complexity index is 802. The van der Waals surface area contributed by atoms with Gasteiger partial charge in [0.25, 0.3) is 5.69 Å². The van der Waals surface area contributed by atoms with Crippen LogP contribution in [0.25, 0.3) is 5.69 Å². The first-order valence-electron chi connectivity index (χ1n) is 6.88. The quantitative estimate of drug-likeness (QED) is 0.531. The van der Waals surface area contributed by atoms with E-state index in [1.807, 2.05) is 19.1 Å². The molecule has 0 aliphatic rings. The highest BCUT2D eigenvalue weighted by atomic mass is 16.6. The smallest absolute Gasteiger partial charge is 0.269 e. The van der Waals surface area contributed by atoms with E-state index in [0.29, 0.717) is 5.75 Å². The number of ether oxygens (including phenoxy) is 1. The Morgan fingerprint density at radius 3 is 2.65 bits per heavy atom. The Labute approximate surface area is 131 Å².